The summed E-state index contributed by atoms with van der Waals surface area (Å²) in [6.07, 6.45) is 1.87. The average Bonchev–Trinajstić information content (AvgIpc) is 2.37. The molecule has 6 nitrogen and oxygen atoms in total. The van der Waals surface area contributed by atoms with Gasteiger partial charge in [-0.3, -0.25) is 0 Å². The highest BCUT2D eigenvalue weighted by molar-refractivity contribution is 5.74. The van der Waals surface area contributed by atoms with E-state index in [0.29, 0.717) is 18.2 Å². The molecule has 1 fully saturated rings. The number of rotatable bonds is 3. The van der Waals surface area contributed by atoms with Gasteiger partial charge < -0.3 is 15.0 Å². The summed E-state index contributed by atoms with van der Waals surface area (Å²) in [6, 6.07) is 1.96. The summed E-state index contributed by atoms with van der Waals surface area (Å²) in [5.74, 6) is 1.30. The smallest absolute Gasteiger partial charge is 0.317 e. The molecule has 6 heteroatoms. The lowest BCUT2D eigenvalue weighted by Gasteiger charge is -2.33. The maximum absolute atomic E-state index is 12.0. The Morgan fingerprint density at radius 2 is 2.19 bits per heavy atom. The first kappa shape index (κ1) is 15.5. The highest BCUT2D eigenvalue weighted by atomic mass is 16.5. The molecule has 0 bridgehead atoms. The molecule has 0 saturated carbocycles. The molecule has 1 unspecified atom stereocenters. The summed E-state index contributed by atoms with van der Waals surface area (Å²) in [7, 11) is 0. The molecule has 0 aromatic carbocycles. The third kappa shape index (κ3) is 4.58. The molecule has 2 rings (SSSR count). The highest BCUT2D eigenvalue weighted by Gasteiger charge is 2.25. The number of carbonyl (C=O) groups is 1. The van der Waals surface area contributed by atoms with Gasteiger partial charge in [0.05, 0.1) is 6.54 Å². The molecule has 2 heterocycles. The number of ether oxygens (including phenoxy) is 1. The van der Waals surface area contributed by atoms with Gasteiger partial charge in [0.2, 0.25) is 5.88 Å². The fourth-order valence-electron chi connectivity index (χ4n) is 2.47. The van der Waals surface area contributed by atoms with Crippen molar-refractivity contribution >= 4 is 6.03 Å². The van der Waals surface area contributed by atoms with Crippen LogP contribution in [0.3, 0.4) is 0 Å². The standard InChI is InChI=1S/C15H24N4O2/c1-10(2)16-15(20)19-7-5-6-13(9-19)21-14-8-11(3)17-12(4)18-14/h8,10,13H,5-7,9H2,1-4H3,(H,16,20). The number of aromatic nitrogens is 2. The zero-order chi connectivity index (χ0) is 15.4. The molecule has 1 aliphatic rings. The van der Waals surface area contributed by atoms with Crippen LogP contribution in [-0.2, 0) is 0 Å². The molecular formula is C15H24N4O2. The second-order valence-electron chi connectivity index (χ2n) is 5.83. The predicted molar refractivity (Wildman–Crippen MR) is 80.4 cm³/mol. The van der Waals surface area contributed by atoms with Gasteiger partial charge in [-0.15, -0.1) is 0 Å². The summed E-state index contributed by atoms with van der Waals surface area (Å²) in [6.45, 7) is 9.07. The van der Waals surface area contributed by atoms with Gasteiger partial charge >= 0.3 is 6.03 Å². The van der Waals surface area contributed by atoms with Gasteiger partial charge in [-0.2, -0.15) is 4.98 Å². The zero-order valence-corrected chi connectivity index (χ0v) is 13.2. The number of nitrogens with zero attached hydrogens (tertiary/aromatic N) is 3. The summed E-state index contributed by atoms with van der Waals surface area (Å²) in [4.78, 5) is 22.4. The van der Waals surface area contributed by atoms with Crippen molar-refractivity contribution in [3.63, 3.8) is 0 Å². The topological polar surface area (TPSA) is 67.3 Å². The third-order valence-corrected chi connectivity index (χ3v) is 3.31. The number of likely N-dealkylation sites (tertiary alicyclic amines) is 1. The Hall–Kier alpha value is -1.85. The van der Waals surface area contributed by atoms with E-state index in [2.05, 4.69) is 15.3 Å². The van der Waals surface area contributed by atoms with Crippen molar-refractivity contribution in [2.45, 2.75) is 52.7 Å². The summed E-state index contributed by atoms with van der Waals surface area (Å²) in [5.41, 5.74) is 0.891. The second-order valence-corrected chi connectivity index (χ2v) is 5.83. The minimum atomic E-state index is -0.0200. The normalized spacial score (nSPS) is 18.7. The summed E-state index contributed by atoms with van der Waals surface area (Å²) < 4.78 is 5.93. The largest absolute Gasteiger partial charge is 0.472 e. The first-order valence-electron chi connectivity index (χ1n) is 7.48. The first-order valence-corrected chi connectivity index (χ1v) is 7.48. The Kier molecular flexibility index (Phi) is 4.98. The molecule has 1 aromatic heterocycles. The van der Waals surface area contributed by atoms with E-state index in [0.717, 1.165) is 25.1 Å². The van der Waals surface area contributed by atoms with Crippen LogP contribution in [0, 0.1) is 13.8 Å². The molecule has 1 aliphatic heterocycles. The number of amides is 2. The van der Waals surface area contributed by atoms with Gasteiger partial charge in [0.25, 0.3) is 0 Å². The molecule has 21 heavy (non-hydrogen) atoms. The molecule has 0 aliphatic carbocycles. The first-order chi connectivity index (χ1) is 9.94. The number of urea groups is 1. The van der Waals surface area contributed by atoms with Gasteiger partial charge in [0.1, 0.15) is 11.9 Å². The van der Waals surface area contributed by atoms with Gasteiger partial charge in [0.15, 0.2) is 0 Å². The lowest BCUT2D eigenvalue weighted by molar-refractivity contribution is 0.0968. The number of hydrogen-bond donors (Lipinski definition) is 1. The van der Waals surface area contributed by atoms with Crippen LogP contribution in [0.4, 0.5) is 4.79 Å². The van der Waals surface area contributed by atoms with Crippen LogP contribution in [0.1, 0.15) is 38.2 Å². The molecule has 0 radical (unpaired) electrons. The van der Waals surface area contributed by atoms with E-state index in [1.54, 1.807) is 0 Å². The van der Waals surface area contributed by atoms with E-state index in [4.69, 9.17) is 4.74 Å². The summed E-state index contributed by atoms with van der Waals surface area (Å²) >= 11 is 0. The molecule has 1 aromatic rings. The van der Waals surface area contributed by atoms with Gasteiger partial charge in [-0.05, 0) is 40.5 Å². The molecule has 116 valence electrons. The van der Waals surface area contributed by atoms with Crippen molar-refractivity contribution in [2.75, 3.05) is 13.1 Å². The molecule has 1 N–H and O–H groups in total. The van der Waals surface area contributed by atoms with Crippen molar-refractivity contribution < 1.29 is 9.53 Å². The van der Waals surface area contributed by atoms with E-state index >= 15 is 0 Å². The number of hydrogen-bond acceptors (Lipinski definition) is 4. The van der Waals surface area contributed by atoms with Crippen molar-refractivity contribution in [2.24, 2.45) is 0 Å². The number of piperidine rings is 1. The van der Waals surface area contributed by atoms with E-state index in [9.17, 15) is 4.79 Å². The molecular weight excluding hydrogens is 268 g/mol. The van der Waals surface area contributed by atoms with E-state index in [1.807, 2.05) is 38.7 Å². The van der Waals surface area contributed by atoms with Crippen LogP contribution in [0.15, 0.2) is 6.07 Å². The van der Waals surface area contributed by atoms with Crippen molar-refractivity contribution in [1.29, 1.82) is 0 Å². The number of aryl methyl sites for hydroxylation is 2. The lowest BCUT2D eigenvalue weighted by Crippen LogP contribution is -2.50. The predicted octanol–water partition coefficient (Wildman–Crippen LogP) is 2.05. The van der Waals surface area contributed by atoms with Crippen molar-refractivity contribution in [1.82, 2.24) is 20.2 Å². The summed E-state index contributed by atoms with van der Waals surface area (Å²) in [5, 5.41) is 2.92. The maximum Gasteiger partial charge on any atom is 0.317 e. The molecule has 0 spiro atoms. The number of nitrogens with one attached hydrogen (secondary N) is 1. The molecule has 1 atom stereocenters. The van der Waals surface area contributed by atoms with Crippen molar-refractivity contribution in [3.8, 4) is 5.88 Å². The third-order valence-electron chi connectivity index (χ3n) is 3.31. The van der Waals surface area contributed by atoms with Crippen LogP contribution in [0.5, 0.6) is 5.88 Å². The Balaban J connectivity index is 1.96. The quantitative estimate of drug-likeness (QED) is 0.926. The Labute approximate surface area is 125 Å². The fourth-order valence-corrected chi connectivity index (χ4v) is 2.47. The lowest BCUT2D eigenvalue weighted by atomic mass is 10.1. The Morgan fingerprint density at radius 3 is 2.86 bits per heavy atom. The van der Waals surface area contributed by atoms with Gasteiger partial charge in [-0.25, -0.2) is 9.78 Å². The second kappa shape index (κ2) is 6.74. The average molecular weight is 292 g/mol. The van der Waals surface area contributed by atoms with Crippen molar-refractivity contribution in [3.05, 3.63) is 17.6 Å². The van der Waals surface area contributed by atoms with E-state index in [-0.39, 0.29) is 18.2 Å². The van der Waals surface area contributed by atoms with Gasteiger partial charge in [0, 0.05) is 24.3 Å². The Bertz CT molecular complexity index is 484. The fraction of sp³-hybridized carbons (Fsp3) is 0.667. The minimum absolute atomic E-state index is 0.00892. The van der Waals surface area contributed by atoms with Gasteiger partial charge in [-0.1, -0.05) is 0 Å². The van der Waals surface area contributed by atoms with E-state index in [1.165, 1.54) is 0 Å². The minimum Gasteiger partial charge on any atom is -0.472 e. The Morgan fingerprint density at radius 1 is 1.43 bits per heavy atom. The van der Waals surface area contributed by atoms with Crippen LogP contribution >= 0.6 is 0 Å². The number of carbonyl (C=O) groups excluding carboxylic acids is 1. The van der Waals surface area contributed by atoms with Crippen LogP contribution < -0.4 is 10.1 Å². The van der Waals surface area contributed by atoms with Crippen LogP contribution in [0.25, 0.3) is 0 Å². The zero-order valence-electron chi connectivity index (χ0n) is 13.2. The molecule has 1 saturated heterocycles. The SMILES string of the molecule is Cc1cc(OC2CCCN(C(=O)NC(C)C)C2)nc(C)n1. The van der Waals surface area contributed by atoms with E-state index < -0.39 is 0 Å². The van der Waals surface area contributed by atoms with Crippen LogP contribution in [0.2, 0.25) is 0 Å². The maximum atomic E-state index is 12.0. The molecule has 2 amide bonds. The highest BCUT2D eigenvalue weighted by Crippen LogP contribution is 2.17. The van der Waals surface area contributed by atoms with Crippen LogP contribution in [-0.4, -0.2) is 46.1 Å². The monoisotopic (exact) mass is 292 g/mol.